The van der Waals surface area contributed by atoms with Crippen LogP contribution in [0.15, 0.2) is 48.7 Å². The number of hydrogen-bond acceptors (Lipinski definition) is 6. The Bertz CT molecular complexity index is 877. The summed E-state index contributed by atoms with van der Waals surface area (Å²) in [6, 6.07) is 9.98. The molecule has 0 unspecified atom stereocenters. The second kappa shape index (κ2) is 8.06. The minimum atomic E-state index is -1.40. The van der Waals surface area contributed by atoms with Gasteiger partial charge in [-0.2, -0.15) is 0 Å². The molecule has 3 rings (SSSR count). The molecule has 0 aliphatic carbocycles. The van der Waals surface area contributed by atoms with Crippen LogP contribution < -0.4 is 0 Å². The highest BCUT2D eigenvalue weighted by atomic mass is 16.5. The number of methoxy groups -OCH3 is 1. The van der Waals surface area contributed by atoms with Crippen LogP contribution in [0.5, 0.6) is 0 Å². The molecule has 3 atom stereocenters. The Labute approximate surface area is 164 Å². The van der Waals surface area contributed by atoms with Gasteiger partial charge >= 0.3 is 5.97 Å². The number of Topliss-reactive ketones (excluding diaryl/α,β-unsaturated/α-hetero) is 1. The quantitative estimate of drug-likeness (QED) is 0.433. The molecule has 1 aromatic carbocycles. The number of nitrogens with zero attached hydrogens (tertiary/aromatic N) is 3. The van der Waals surface area contributed by atoms with E-state index in [0.717, 1.165) is 11.3 Å². The topological polar surface area (TPSA) is 83.3 Å². The smallest absolute Gasteiger partial charge is 0.322 e. The summed E-state index contributed by atoms with van der Waals surface area (Å²) in [4.78, 5) is 25.2. The lowest BCUT2D eigenvalue weighted by molar-refractivity contribution is -0.175. The van der Waals surface area contributed by atoms with Gasteiger partial charge in [0.1, 0.15) is 0 Å². The third kappa shape index (κ3) is 3.75. The molecule has 1 aliphatic rings. The molecule has 0 spiro atoms. The Balaban J connectivity index is 1.71. The van der Waals surface area contributed by atoms with E-state index < -0.39 is 23.6 Å². The molecular weight excluding hydrogens is 358 g/mol. The number of rotatable bonds is 6. The van der Waals surface area contributed by atoms with Crippen LogP contribution >= 0.6 is 0 Å². The van der Waals surface area contributed by atoms with Gasteiger partial charge in [-0.25, -0.2) is 4.68 Å². The summed E-state index contributed by atoms with van der Waals surface area (Å²) in [6.45, 7) is 7.73. The molecule has 0 N–H and O–H groups in total. The minimum absolute atomic E-state index is 0.290. The molecule has 0 bridgehead atoms. The zero-order chi connectivity index (χ0) is 20.3. The van der Waals surface area contributed by atoms with Gasteiger partial charge in [0.15, 0.2) is 11.2 Å². The normalized spacial score (nSPS) is 25.0. The Kier molecular flexibility index (Phi) is 5.74. The number of aromatic nitrogens is 3. The third-order valence-electron chi connectivity index (χ3n) is 5.31. The van der Waals surface area contributed by atoms with Crippen molar-refractivity contribution >= 4 is 11.8 Å². The molecule has 1 saturated heterocycles. The zero-order valence-corrected chi connectivity index (χ0v) is 16.4. The maximum Gasteiger partial charge on any atom is 0.322 e. The molecule has 7 heteroatoms. The molecule has 1 aromatic heterocycles. The largest absolute Gasteiger partial charge is 0.468 e. The molecule has 28 heavy (non-hydrogen) atoms. The second-order valence-corrected chi connectivity index (χ2v) is 7.25. The Morgan fingerprint density at radius 1 is 1.36 bits per heavy atom. The fraction of sp³-hybridized carbons (Fsp3) is 0.429. The van der Waals surface area contributed by atoms with Crippen molar-refractivity contribution in [2.75, 3.05) is 7.11 Å². The predicted octanol–water partition coefficient (Wildman–Crippen LogP) is 2.35. The van der Waals surface area contributed by atoms with Crippen LogP contribution in [0.3, 0.4) is 0 Å². The van der Waals surface area contributed by atoms with Crippen molar-refractivity contribution in [1.29, 1.82) is 0 Å². The van der Waals surface area contributed by atoms with Gasteiger partial charge < -0.3 is 9.47 Å². The molecule has 0 saturated carbocycles. The number of carbonyl (C=O) groups is 2. The van der Waals surface area contributed by atoms with Crippen molar-refractivity contribution in [1.82, 2.24) is 15.0 Å². The van der Waals surface area contributed by atoms with Gasteiger partial charge in [-0.1, -0.05) is 42.1 Å². The standard InChI is InChI=1S/C21H25N3O4/c1-14-15(2)28-18(21(3,19(14)25)20(26)27-4)11-10-17-13-24(23-22-17)12-16-8-6-5-7-9-16/h5-9,13,15,18H,1,10-12H2,2-4H3/t15-,18+,21+/m0/s1. The monoisotopic (exact) mass is 383 g/mol. The van der Waals surface area contributed by atoms with Crippen molar-refractivity contribution in [3.05, 3.63) is 59.9 Å². The average molecular weight is 383 g/mol. The van der Waals surface area contributed by atoms with Gasteiger partial charge in [0, 0.05) is 11.8 Å². The first-order valence-corrected chi connectivity index (χ1v) is 9.26. The number of aryl methyl sites for hydroxylation is 1. The summed E-state index contributed by atoms with van der Waals surface area (Å²) >= 11 is 0. The summed E-state index contributed by atoms with van der Waals surface area (Å²) in [5, 5.41) is 8.36. The van der Waals surface area contributed by atoms with Gasteiger partial charge in [-0.05, 0) is 32.3 Å². The average Bonchev–Trinajstić information content (AvgIpc) is 3.15. The van der Waals surface area contributed by atoms with Gasteiger partial charge in [-0.15, -0.1) is 5.10 Å². The first-order valence-electron chi connectivity index (χ1n) is 9.26. The van der Waals surface area contributed by atoms with E-state index in [9.17, 15) is 9.59 Å². The van der Waals surface area contributed by atoms with E-state index in [-0.39, 0.29) is 11.4 Å². The summed E-state index contributed by atoms with van der Waals surface area (Å²) in [7, 11) is 1.27. The highest BCUT2D eigenvalue weighted by Gasteiger charge is 2.54. The van der Waals surface area contributed by atoms with Crippen LogP contribution in [-0.2, 0) is 32.0 Å². The van der Waals surface area contributed by atoms with Crippen LogP contribution in [-0.4, -0.2) is 46.1 Å². The Morgan fingerprint density at radius 2 is 2.07 bits per heavy atom. The van der Waals surface area contributed by atoms with E-state index in [4.69, 9.17) is 9.47 Å². The van der Waals surface area contributed by atoms with Crippen LogP contribution in [0.4, 0.5) is 0 Å². The van der Waals surface area contributed by atoms with Gasteiger partial charge in [0.25, 0.3) is 0 Å². The van der Waals surface area contributed by atoms with Crippen molar-refractivity contribution < 1.29 is 19.1 Å². The first-order chi connectivity index (χ1) is 13.4. The van der Waals surface area contributed by atoms with Crippen molar-refractivity contribution in [2.45, 2.75) is 45.4 Å². The van der Waals surface area contributed by atoms with Gasteiger partial charge in [-0.3, -0.25) is 9.59 Å². The van der Waals surface area contributed by atoms with E-state index in [0.29, 0.717) is 19.4 Å². The minimum Gasteiger partial charge on any atom is -0.468 e. The summed E-state index contributed by atoms with van der Waals surface area (Å²) < 4.78 is 12.6. The van der Waals surface area contributed by atoms with Crippen molar-refractivity contribution in [2.24, 2.45) is 5.41 Å². The number of benzene rings is 1. The number of carbonyl (C=O) groups excluding carboxylic acids is 2. The molecule has 0 amide bonds. The lowest BCUT2D eigenvalue weighted by atomic mass is 9.72. The zero-order valence-electron chi connectivity index (χ0n) is 16.4. The number of ether oxygens (including phenoxy) is 2. The fourth-order valence-corrected chi connectivity index (χ4v) is 3.50. The molecule has 2 heterocycles. The Morgan fingerprint density at radius 3 is 2.75 bits per heavy atom. The van der Waals surface area contributed by atoms with Crippen molar-refractivity contribution in [3.63, 3.8) is 0 Å². The molecule has 2 aromatic rings. The van der Waals surface area contributed by atoms with Crippen LogP contribution in [0.25, 0.3) is 0 Å². The molecule has 1 fully saturated rings. The molecule has 1 aliphatic heterocycles. The molecular formula is C21H25N3O4. The third-order valence-corrected chi connectivity index (χ3v) is 5.31. The fourth-order valence-electron chi connectivity index (χ4n) is 3.50. The first kappa shape index (κ1) is 19.9. The number of ketones is 1. The predicted molar refractivity (Wildman–Crippen MR) is 102 cm³/mol. The SMILES string of the molecule is C=C1C(=O)[C@](C)(C(=O)OC)[C@@H](CCc2cn(Cc3ccccc3)nn2)O[C@H]1C. The van der Waals surface area contributed by atoms with Gasteiger partial charge in [0.05, 0.1) is 31.6 Å². The number of esters is 1. The summed E-state index contributed by atoms with van der Waals surface area (Å²) in [5.41, 5.74) is 0.790. The maximum atomic E-state index is 12.8. The lowest BCUT2D eigenvalue weighted by Crippen LogP contribution is -2.55. The van der Waals surface area contributed by atoms with Crippen LogP contribution in [0.1, 0.15) is 31.5 Å². The van der Waals surface area contributed by atoms with Crippen LogP contribution in [0, 0.1) is 5.41 Å². The maximum absolute atomic E-state index is 12.8. The van der Waals surface area contributed by atoms with E-state index in [1.165, 1.54) is 7.11 Å². The summed E-state index contributed by atoms with van der Waals surface area (Å²) in [6.07, 6.45) is 1.78. The van der Waals surface area contributed by atoms with E-state index >= 15 is 0 Å². The van der Waals surface area contributed by atoms with Crippen LogP contribution in [0.2, 0.25) is 0 Å². The van der Waals surface area contributed by atoms with Crippen molar-refractivity contribution in [3.8, 4) is 0 Å². The molecule has 7 nitrogen and oxygen atoms in total. The number of hydrogen-bond donors (Lipinski definition) is 0. The van der Waals surface area contributed by atoms with E-state index in [2.05, 4.69) is 16.9 Å². The van der Waals surface area contributed by atoms with E-state index in [1.807, 2.05) is 36.5 Å². The second-order valence-electron chi connectivity index (χ2n) is 7.25. The Hall–Kier alpha value is -2.80. The molecule has 148 valence electrons. The highest BCUT2D eigenvalue weighted by molar-refractivity contribution is 6.13. The highest BCUT2D eigenvalue weighted by Crippen LogP contribution is 2.39. The van der Waals surface area contributed by atoms with E-state index in [1.54, 1.807) is 18.5 Å². The van der Waals surface area contributed by atoms with Gasteiger partial charge in [0.2, 0.25) is 0 Å². The molecule has 0 radical (unpaired) electrons. The summed E-state index contributed by atoms with van der Waals surface area (Å²) in [5.74, 6) is -0.931. The lowest BCUT2D eigenvalue weighted by Gasteiger charge is -2.41.